The van der Waals surface area contributed by atoms with Gasteiger partial charge in [0, 0.05) is 19.5 Å². The molecular formula is C26H31N3O4S. The molecule has 1 aliphatic rings. The van der Waals surface area contributed by atoms with Crippen molar-refractivity contribution in [3.8, 4) is 0 Å². The summed E-state index contributed by atoms with van der Waals surface area (Å²) in [6, 6.07) is 16.3. The smallest absolute Gasteiger partial charge is 0.261 e. The standard InChI is InChI=1S/C26H31N3O4S/c1-18(2)16-26(34,25(33)27-17-19-10-4-3-5-11-19)28-22(30)14-8-9-15-29-23(31)20-12-6-7-13-21(20)24(29)32/h3-7,10-13,18,34H,8-9,14-17H2,1-2H3,(H,27,33)(H,28,30)/t26-/m1/s1. The van der Waals surface area contributed by atoms with Crippen LogP contribution in [-0.4, -0.2) is 39.9 Å². The van der Waals surface area contributed by atoms with Gasteiger partial charge in [-0.1, -0.05) is 56.3 Å². The SMILES string of the molecule is CC(C)C[C@](S)(NC(=O)CCCCN1C(=O)c2ccccc2C1=O)C(=O)NCc1ccccc1. The molecule has 2 aromatic rings. The van der Waals surface area contributed by atoms with E-state index < -0.39 is 4.87 Å². The minimum Gasteiger partial charge on any atom is -0.349 e. The molecule has 0 fully saturated rings. The summed E-state index contributed by atoms with van der Waals surface area (Å²) in [5.41, 5.74) is 1.79. The Hall–Kier alpha value is -3.13. The average molecular weight is 482 g/mol. The van der Waals surface area contributed by atoms with Gasteiger partial charge in [-0.25, -0.2) is 0 Å². The Kier molecular flexibility index (Phi) is 8.50. The normalized spacial score (nSPS) is 14.6. The summed E-state index contributed by atoms with van der Waals surface area (Å²) < 4.78 is 0. The minimum atomic E-state index is -1.33. The van der Waals surface area contributed by atoms with Gasteiger partial charge in [0.05, 0.1) is 11.1 Å². The van der Waals surface area contributed by atoms with Crippen LogP contribution in [0.5, 0.6) is 0 Å². The van der Waals surface area contributed by atoms with E-state index in [1.54, 1.807) is 24.3 Å². The first-order valence-electron chi connectivity index (χ1n) is 11.5. The number of carbonyl (C=O) groups is 4. The molecule has 8 heteroatoms. The number of rotatable bonds is 11. The van der Waals surface area contributed by atoms with Crippen LogP contribution in [0.1, 0.15) is 65.8 Å². The van der Waals surface area contributed by atoms with Gasteiger partial charge in [-0.15, -0.1) is 12.6 Å². The van der Waals surface area contributed by atoms with Crippen LogP contribution < -0.4 is 10.6 Å². The number of hydrogen-bond donors (Lipinski definition) is 3. The Labute approximate surface area is 205 Å². The lowest BCUT2D eigenvalue weighted by Gasteiger charge is -2.30. The van der Waals surface area contributed by atoms with E-state index in [2.05, 4.69) is 23.3 Å². The third-order valence-corrected chi connectivity index (χ3v) is 6.13. The second-order valence-electron chi connectivity index (χ2n) is 8.94. The Morgan fingerprint density at radius 3 is 2.12 bits per heavy atom. The van der Waals surface area contributed by atoms with Gasteiger partial charge < -0.3 is 10.6 Å². The number of benzene rings is 2. The number of nitrogens with zero attached hydrogens (tertiary/aromatic N) is 1. The molecule has 1 aliphatic heterocycles. The van der Waals surface area contributed by atoms with E-state index in [4.69, 9.17) is 0 Å². The van der Waals surface area contributed by atoms with Crippen molar-refractivity contribution in [3.63, 3.8) is 0 Å². The minimum absolute atomic E-state index is 0.133. The van der Waals surface area contributed by atoms with E-state index in [0.717, 1.165) is 5.56 Å². The molecule has 0 bridgehead atoms. The summed E-state index contributed by atoms with van der Waals surface area (Å²) in [7, 11) is 0. The first kappa shape index (κ1) is 25.5. The molecule has 0 saturated heterocycles. The summed E-state index contributed by atoms with van der Waals surface area (Å²) >= 11 is 4.57. The topological polar surface area (TPSA) is 95.6 Å². The van der Waals surface area contributed by atoms with Crippen molar-refractivity contribution in [1.82, 2.24) is 15.5 Å². The zero-order valence-electron chi connectivity index (χ0n) is 19.5. The number of hydrogen-bond acceptors (Lipinski definition) is 5. The van der Waals surface area contributed by atoms with Crippen LogP contribution in [0, 0.1) is 5.92 Å². The number of thiol groups is 1. The molecular weight excluding hydrogens is 450 g/mol. The van der Waals surface area contributed by atoms with Crippen molar-refractivity contribution in [2.24, 2.45) is 5.92 Å². The largest absolute Gasteiger partial charge is 0.349 e. The van der Waals surface area contributed by atoms with E-state index in [1.807, 2.05) is 44.2 Å². The molecule has 34 heavy (non-hydrogen) atoms. The lowest BCUT2D eigenvalue weighted by atomic mass is 10.0. The maximum atomic E-state index is 12.9. The first-order valence-corrected chi connectivity index (χ1v) is 12.0. The lowest BCUT2D eigenvalue weighted by Crippen LogP contribution is -2.55. The van der Waals surface area contributed by atoms with E-state index in [-0.39, 0.29) is 42.5 Å². The monoisotopic (exact) mass is 481 g/mol. The average Bonchev–Trinajstić information content (AvgIpc) is 3.05. The number of amides is 4. The van der Waals surface area contributed by atoms with Crippen molar-refractivity contribution in [2.45, 2.75) is 50.9 Å². The highest BCUT2D eigenvalue weighted by Crippen LogP contribution is 2.24. The quantitative estimate of drug-likeness (QED) is 0.198. The van der Waals surface area contributed by atoms with E-state index >= 15 is 0 Å². The van der Waals surface area contributed by atoms with Crippen LogP contribution in [0.3, 0.4) is 0 Å². The summed E-state index contributed by atoms with van der Waals surface area (Å²) in [5.74, 6) is -1.12. The zero-order chi connectivity index (χ0) is 24.7. The molecule has 3 rings (SSSR count). The maximum Gasteiger partial charge on any atom is 0.261 e. The van der Waals surface area contributed by atoms with E-state index in [1.165, 1.54) is 4.90 Å². The highest BCUT2D eigenvalue weighted by Gasteiger charge is 2.37. The number of imide groups is 1. The lowest BCUT2D eigenvalue weighted by molar-refractivity contribution is -0.130. The zero-order valence-corrected chi connectivity index (χ0v) is 20.4. The van der Waals surface area contributed by atoms with Crippen molar-refractivity contribution < 1.29 is 19.2 Å². The fourth-order valence-electron chi connectivity index (χ4n) is 4.01. The summed E-state index contributed by atoms with van der Waals surface area (Å²) in [5, 5.41) is 5.65. The fourth-order valence-corrected chi connectivity index (χ4v) is 4.58. The van der Waals surface area contributed by atoms with Gasteiger partial charge in [-0.05, 0) is 42.9 Å². The Balaban J connectivity index is 1.49. The van der Waals surface area contributed by atoms with Crippen LogP contribution in [-0.2, 0) is 16.1 Å². The van der Waals surface area contributed by atoms with Crippen molar-refractivity contribution in [2.75, 3.05) is 6.54 Å². The molecule has 1 atom stereocenters. The molecule has 0 radical (unpaired) electrons. The van der Waals surface area contributed by atoms with Gasteiger partial charge >= 0.3 is 0 Å². The summed E-state index contributed by atoms with van der Waals surface area (Å²) in [4.78, 5) is 50.3. The highest BCUT2D eigenvalue weighted by atomic mass is 32.1. The predicted molar refractivity (Wildman–Crippen MR) is 133 cm³/mol. The second kappa shape index (κ2) is 11.3. The molecule has 0 saturated carbocycles. The molecule has 0 unspecified atom stereocenters. The first-order chi connectivity index (χ1) is 16.2. The van der Waals surface area contributed by atoms with Crippen molar-refractivity contribution in [1.29, 1.82) is 0 Å². The number of fused-ring (bicyclic) bond motifs is 1. The van der Waals surface area contributed by atoms with Gasteiger partial charge in [0.15, 0.2) is 4.87 Å². The molecule has 2 aromatic carbocycles. The van der Waals surface area contributed by atoms with E-state index in [9.17, 15) is 19.2 Å². The van der Waals surface area contributed by atoms with E-state index in [0.29, 0.717) is 36.9 Å². The second-order valence-corrected chi connectivity index (χ2v) is 9.70. The maximum absolute atomic E-state index is 12.9. The highest BCUT2D eigenvalue weighted by molar-refractivity contribution is 7.82. The molecule has 0 aliphatic carbocycles. The number of nitrogens with one attached hydrogen (secondary N) is 2. The van der Waals surface area contributed by atoms with Crippen molar-refractivity contribution >= 4 is 36.3 Å². The molecule has 1 heterocycles. The number of carbonyl (C=O) groups excluding carboxylic acids is 4. The summed E-state index contributed by atoms with van der Waals surface area (Å²) in [6.07, 6.45) is 1.49. The van der Waals surface area contributed by atoms with Gasteiger partial charge in [-0.2, -0.15) is 0 Å². The van der Waals surface area contributed by atoms with Crippen LogP contribution in [0.15, 0.2) is 54.6 Å². The third kappa shape index (κ3) is 6.26. The predicted octanol–water partition coefficient (Wildman–Crippen LogP) is 3.56. The van der Waals surface area contributed by atoms with Crippen LogP contribution in [0.4, 0.5) is 0 Å². The van der Waals surface area contributed by atoms with Crippen LogP contribution in [0.2, 0.25) is 0 Å². The molecule has 0 spiro atoms. The number of unbranched alkanes of at least 4 members (excludes halogenated alkanes) is 1. The Morgan fingerprint density at radius 2 is 1.53 bits per heavy atom. The van der Waals surface area contributed by atoms with Crippen molar-refractivity contribution in [3.05, 3.63) is 71.3 Å². The van der Waals surface area contributed by atoms with Crippen LogP contribution >= 0.6 is 12.6 Å². The molecule has 0 aromatic heterocycles. The Morgan fingerprint density at radius 1 is 0.941 bits per heavy atom. The summed E-state index contributed by atoms with van der Waals surface area (Å²) in [6.45, 7) is 4.51. The Bertz CT molecular complexity index is 1020. The van der Waals surface area contributed by atoms with Crippen LogP contribution in [0.25, 0.3) is 0 Å². The molecule has 4 amide bonds. The van der Waals surface area contributed by atoms with Gasteiger partial charge in [0.2, 0.25) is 5.91 Å². The van der Waals surface area contributed by atoms with Gasteiger partial charge in [0.1, 0.15) is 0 Å². The van der Waals surface area contributed by atoms with Gasteiger partial charge in [0.25, 0.3) is 17.7 Å². The van der Waals surface area contributed by atoms with Gasteiger partial charge in [-0.3, -0.25) is 24.1 Å². The molecule has 2 N–H and O–H groups in total. The fraction of sp³-hybridized carbons (Fsp3) is 0.385. The molecule has 7 nitrogen and oxygen atoms in total. The third-order valence-electron chi connectivity index (χ3n) is 5.64. The molecule has 180 valence electrons.